The lowest BCUT2D eigenvalue weighted by Gasteiger charge is -2.37. The Hall–Kier alpha value is -0.320. The predicted molar refractivity (Wildman–Crippen MR) is 74.8 cm³/mol. The van der Waals surface area contributed by atoms with Crippen LogP contribution in [0.1, 0.15) is 12.5 Å². The zero-order valence-corrected chi connectivity index (χ0v) is 11.6. The van der Waals surface area contributed by atoms with Gasteiger partial charge >= 0.3 is 0 Å². The van der Waals surface area contributed by atoms with Crippen molar-refractivity contribution in [2.45, 2.75) is 19.2 Å². The number of nitrogens with two attached hydrogens (primary N) is 1. The lowest BCUT2D eigenvalue weighted by Crippen LogP contribution is -2.55. The molecule has 0 spiro atoms. The topological polar surface area (TPSA) is 38.5 Å². The maximum atomic E-state index is 5.96. The molecule has 1 unspecified atom stereocenters. The van der Waals surface area contributed by atoms with E-state index in [0.717, 1.165) is 26.2 Å². The standard InChI is InChI=1S/C12H18N2O.2ClH/c1-12(13)10-14(7-8-15-12)9-11-5-3-2-4-6-11;;/h2-6H,7-10,13H2,1H3;2*1H. The second kappa shape index (κ2) is 7.19. The monoisotopic (exact) mass is 278 g/mol. The third-order valence-electron chi connectivity index (χ3n) is 2.63. The van der Waals surface area contributed by atoms with Gasteiger partial charge in [0.2, 0.25) is 0 Å². The fourth-order valence-corrected chi connectivity index (χ4v) is 1.95. The number of nitrogens with zero attached hydrogens (tertiary/aromatic N) is 1. The molecule has 17 heavy (non-hydrogen) atoms. The normalized spacial score (nSPS) is 24.6. The Morgan fingerprint density at radius 1 is 1.29 bits per heavy atom. The van der Waals surface area contributed by atoms with Gasteiger partial charge in [0.25, 0.3) is 0 Å². The van der Waals surface area contributed by atoms with E-state index in [0.29, 0.717) is 0 Å². The summed E-state index contributed by atoms with van der Waals surface area (Å²) in [5.41, 5.74) is 6.79. The Morgan fingerprint density at radius 3 is 2.53 bits per heavy atom. The smallest absolute Gasteiger partial charge is 0.126 e. The van der Waals surface area contributed by atoms with Crippen molar-refractivity contribution >= 4 is 24.8 Å². The Labute approximate surface area is 115 Å². The van der Waals surface area contributed by atoms with Crippen LogP contribution in [0.2, 0.25) is 0 Å². The summed E-state index contributed by atoms with van der Waals surface area (Å²) in [6, 6.07) is 10.5. The Morgan fingerprint density at radius 2 is 1.94 bits per heavy atom. The molecule has 0 amide bonds. The van der Waals surface area contributed by atoms with Crippen molar-refractivity contribution < 1.29 is 4.74 Å². The van der Waals surface area contributed by atoms with Gasteiger partial charge in [0.05, 0.1) is 6.61 Å². The van der Waals surface area contributed by atoms with Crippen molar-refractivity contribution in [2.75, 3.05) is 19.7 Å². The average molecular weight is 279 g/mol. The third kappa shape index (κ3) is 5.23. The molecule has 1 aliphatic heterocycles. The molecule has 0 aromatic heterocycles. The quantitative estimate of drug-likeness (QED) is 0.900. The van der Waals surface area contributed by atoms with Crippen LogP contribution in [0.25, 0.3) is 0 Å². The van der Waals surface area contributed by atoms with E-state index in [4.69, 9.17) is 10.5 Å². The number of ether oxygens (including phenoxy) is 1. The molecule has 3 nitrogen and oxygen atoms in total. The molecule has 1 saturated heterocycles. The van der Waals surface area contributed by atoms with Crippen LogP contribution in [0.4, 0.5) is 0 Å². The van der Waals surface area contributed by atoms with Crippen LogP contribution in [-0.4, -0.2) is 30.3 Å². The van der Waals surface area contributed by atoms with Gasteiger partial charge in [-0.1, -0.05) is 30.3 Å². The van der Waals surface area contributed by atoms with Crippen molar-refractivity contribution in [1.29, 1.82) is 0 Å². The first-order valence-electron chi connectivity index (χ1n) is 5.35. The average Bonchev–Trinajstić information content (AvgIpc) is 2.17. The van der Waals surface area contributed by atoms with Crippen molar-refractivity contribution in [2.24, 2.45) is 5.73 Å². The molecule has 0 bridgehead atoms. The van der Waals surface area contributed by atoms with Gasteiger partial charge in [-0.2, -0.15) is 0 Å². The molecular weight excluding hydrogens is 259 g/mol. The fourth-order valence-electron chi connectivity index (χ4n) is 1.95. The molecule has 2 N–H and O–H groups in total. The highest BCUT2D eigenvalue weighted by Crippen LogP contribution is 2.14. The van der Waals surface area contributed by atoms with Crippen LogP contribution >= 0.6 is 24.8 Å². The number of benzene rings is 1. The van der Waals surface area contributed by atoms with Gasteiger partial charge in [-0.3, -0.25) is 4.90 Å². The molecule has 1 heterocycles. The number of hydrogen-bond donors (Lipinski definition) is 1. The van der Waals surface area contributed by atoms with E-state index in [2.05, 4.69) is 29.2 Å². The van der Waals surface area contributed by atoms with Crippen LogP contribution < -0.4 is 5.73 Å². The van der Waals surface area contributed by atoms with E-state index >= 15 is 0 Å². The molecule has 98 valence electrons. The number of morpholine rings is 1. The van der Waals surface area contributed by atoms with E-state index in [1.165, 1.54) is 5.56 Å². The Balaban J connectivity index is 0.00000128. The molecule has 1 fully saturated rings. The van der Waals surface area contributed by atoms with Gasteiger partial charge in [0.1, 0.15) is 5.72 Å². The third-order valence-corrected chi connectivity index (χ3v) is 2.63. The first kappa shape index (κ1) is 16.7. The highest BCUT2D eigenvalue weighted by Gasteiger charge is 2.27. The Kier molecular flexibility index (Phi) is 7.05. The molecule has 0 saturated carbocycles. The number of rotatable bonds is 2. The summed E-state index contributed by atoms with van der Waals surface area (Å²) < 4.78 is 5.47. The minimum Gasteiger partial charge on any atom is -0.358 e. The van der Waals surface area contributed by atoms with E-state index in [-0.39, 0.29) is 24.8 Å². The minimum atomic E-state index is -0.493. The summed E-state index contributed by atoms with van der Waals surface area (Å²) >= 11 is 0. The lowest BCUT2D eigenvalue weighted by molar-refractivity contribution is -0.0959. The van der Waals surface area contributed by atoms with E-state index < -0.39 is 5.72 Å². The fraction of sp³-hybridized carbons (Fsp3) is 0.500. The van der Waals surface area contributed by atoms with E-state index in [1.807, 2.05) is 13.0 Å². The van der Waals surface area contributed by atoms with Gasteiger partial charge in [-0.05, 0) is 12.5 Å². The zero-order chi connectivity index (χ0) is 10.7. The molecule has 1 aliphatic rings. The first-order valence-corrected chi connectivity index (χ1v) is 5.35. The molecule has 1 atom stereocenters. The molecule has 0 radical (unpaired) electrons. The highest BCUT2D eigenvalue weighted by atomic mass is 35.5. The maximum Gasteiger partial charge on any atom is 0.126 e. The summed E-state index contributed by atoms with van der Waals surface area (Å²) in [4.78, 5) is 2.33. The van der Waals surface area contributed by atoms with E-state index in [9.17, 15) is 0 Å². The van der Waals surface area contributed by atoms with Gasteiger partial charge in [0.15, 0.2) is 0 Å². The first-order chi connectivity index (χ1) is 7.16. The van der Waals surface area contributed by atoms with Crippen LogP contribution in [-0.2, 0) is 11.3 Å². The molecular formula is C12H20Cl2N2O. The summed E-state index contributed by atoms with van der Waals surface area (Å²) in [6.07, 6.45) is 0. The minimum absolute atomic E-state index is 0. The summed E-state index contributed by atoms with van der Waals surface area (Å²) in [5, 5.41) is 0. The van der Waals surface area contributed by atoms with Crippen LogP contribution in [0.15, 0.2) is 30.3 Å². The lowest BCUT2D eigenvalue weighted by atomic mass is 10.1. The zero-order valence-electron chi connectivity index (χ0n) is 9.96. The van der Waals surface area contributed by atoms with Crippen molar-refractivity contribution in [3.05, 3.63) is 35.9 Å². The van der Waals surface area contributed by atoms with Crippen LogP contribution in [0.3, 0.4) is 0 Å². The van der Waals surface area contributed by atoms with Crippen LogP contribution in [0.5, 0.6) is 0 Å². The van der Waals surface area contributed by atoms with Crippen molar-refractivity contribution in [1.82, 2.24) is 4.90 Å². The second-order valence-electron chi connectivity index (χ2n) is 4.36. The van der Waals surface area contributed by atoms with Gasteiger partial charge in [-0.25, -0.2) is 0 Å². The van der Waals surface area contributed by atoms with Gasteiger partial charge in [0, 0.05) is 19.6 Å². The van der Waals surface area contributed by atoms with Gasteiger partial charge < -0.3 is 10.5 Å². The molecule has 5 heteroatoms. The van der Waals surface area contributed by atoms with Crippen molar-refractivity contribution in [3.63, 3.8) is 0 Å². The van der Waals surface area contributed by atoms with Gasteiger partial charge in [-0.15, -0.1) is 24.8 Å². The highest BCUT2D eigenvalue weighted by molar-refractivity contribution is 5.85. The molecule has 2 rings (SSSR count). The summed E-state index contributed by atoms with van der Waals surface area (Å²) in [6.45, 7) is 5.37. The number of hydrogen-bond acceptors (Lipinski definition) is 3. The van der Waals surface area contributed by atoms with Crippen LogP contribution in [0, 0.1) is 0 Å². The largest absolute Gasteiger partial charge is 0.358 e. The number of halogens is 2. The molecule has 1 aromatic rings. The second-order valence-corrected chi connectivity index (χ2v) is 4.36. The SMILES string of the molecule is CC1(N)CN(Cc2ccccc2)CCO1.Cl.Cl. The molecule has 1 aromatic carbocycles. The predicted octanol–water partition coefficient (Wildman–Crippen LogP) is 2.04. The van der Waals surface area contributed by atoms with Crippen molar-refractivity contribution in [3.8, 4) is 0 Å². The summed E-state index contributed by atoms with van der Waals surface area (Å²) in [5.74, 6) is 0. The summed E-state index contributed by atoms with van der Waals surface area (Å²) in [7, 11) is 0. The molecule has 0 aliphatic carbocycles. The van der Waals surface area contributed by atoms with E-state index in [1.54, 1.807) is 0 Å². The maximum absolute atomic E-state index is 5.96. The Bertz CT molecular complexity index is 320.